The number of rotatable bonds is 7. The van der Waals surface area contributed by atoms with Crippen molar-refractivity contribution < 1.29 is 14.2 Å². The van der Waals surface area contributed by atoms with Gasteiger partial charge in [0.05, 0.1) is 18.8 Å². The summed E-state index contributed by atoms with van der Waals surface area (Å²) in [5, 5.41) is 3.43. The predicted molar refractivity (Wildman–Crippen MR) is 83.0 cm³/mol. The van der Waals surface area contributed by atoms with E-state index >= 15 is 0 Å². The van der Waals surface area contributed by atoms with E-state index in [1.807, 2.05) is 25.1 Å². The third-order valence-electron chi connectivity index (χ3n) is 3.74. The first-order valence-electron chi connectivity index (χ1n) is 7.42. The average molecular weight is 291 g/mol. The molecular weight excluding hydrogens is 266 g/mol. The third-order valence-corrected chi connectivity index (χ3v) is 3.74. The third kappa shape index (κ3) is 4.64. The summed E-state index contributed by atoms with van der Waals surface area (Å²) in [5.74, 6) is 0. The number of hydrogen-bond acceptors (Lipinski definition) is 4. The van der Waals surface area contributed by atoms with Crippen LogP contribution in [0.5, 0.6) is 0 Å². The van der Waals surface area contributed by atoms with Crippen LogP contribution in [-0.2, 0) is 20.8 Å². The van der Waals surface area contributed by atoms with Gasteiger partial charge in [-0.1, -0.05) is 36.4 Å². The molecule has 0 bridgehead atoms. The van der Waals surface area contributed by atoms with Crippen molar-refractivity contribution in [2.45, 2.75) is 44.4 Å². The number of hydrogen-bond donors (Lipinski definition) is 1. The Bertz CT molecular complexity index is 423. The Hall–Kier alpha value is -1.20. The molecule has 0 radical (unpaired) electrons. The highest BCUT2D eigenvalue weighted by atomic mass is 16.6. The summed E-state index contributed by atoms with van der Waals surface area (Å²) in [6, 6.07) is 10.3. The fraction of sp³-hybridized carbons (Fsp3) is 0.529. The molecule has 4 atom stereocenters. The maximum Gasteiger partial charge on any atom is 0.111 e. The molecule has 116 valence electrons. The van der Waals surface area contributed by atoms with Crippen molar-refractivity contribution >= 4 is 0 Å². The average Bonchev–Trinajstić information content (AvgIpc) is 2.52. The SMILES string of the molecule is C=CCO[C@@H]1[C@@H](C)O[C@@H](NCc2ccccc2)C[C@H]1OC. The van der Waals surface area contributed by atoms with Crippen molar-refractivity contribution in [2.24, 2.45) is 0 Å². The van der Waals surface area contributed by atoms with Gasteiger partial charge in [0.1, 0.15) is 12.3 Å². The minimum absolute atomic E-state index is 0.0167. The van der Waals surface area contributed by atoms with Gasteiger partial charge in [-0.3, -0.25) is 5.32 Å². The Labute approximate surface area is 127 Å². The summed E-state index contributed by atoms with van der Waals surface area (Å²) < 4.78 is 17.3. The van der Waals surface area contributed by atoms with Crippen LogP contribution < -0.4 is 5.32 Å². The molecule has 1 aromatic rings. The smallest absolute Gasteiger partial charge is 0.111 e. The zero-order valence-corrected chi connectivity index (χ0v) is 12.8. The predicted octanol–water partition coefficient (Wildman–Crippen LogP) is 2.50. The second kappa shape index (κ2) is 8.29. The Morgan fingerprint density at radius 1 is 1.38 bits per heavy atom. The van der Waals surface area contributed by atoms with Gasteiger partial charge in [0.2, 0.25) is 0 Å². The molecule has 1 heterocycles. The van der Waals surface area contributed by atoms with Gasteiger partial charge in [0, 0.05) is 20.1 Å². The Morgan fingerprint density at radius 3 is 2.81 bits per heavy atom. The summed E-state index contributed by atoms with van der Waals surface area (Å²) in [5.41, 5.74) is 1.24. The van der Waals surface area contributed by atoms with E-state index in [4.69, 9.17) is 14.2 Å². The summed E-state index contributed by atoms with van der Waals surface area (Å²) in [6.45, 7) is 7.00. The molecule has 1 N–H and O–H groups in total. The van der Waals surface area contributed by atoms with Crippen molar-refractivity contribution in [2.75, 3.05) is 13.7 Å². The van der Waals surface area contributed by atoms with Gasteiger partial charge >= 0.3 is 0 Å². The molecule has 0 aromatic heterocycles. The molecular formula is C17H25NO3. The molecule has 0 amide bonds. The van der Waals surface area contributed by atoms with Crippen molar-refractivity contribution in [1.82, 2.24) is 5.32 Å². The van der Waals surface area contributed by atoms with Crippen LogP contribution in [0.4, 0.5) is 0 Å². The lowest BCUT2D eigenvalue weighted by Gasteiger charge is -2.39. The molecule has 1 aromatic carbocycles. The molecule has 1 aliphatic heterocycles. The van der Waals surface area contributed by atoms with Gasteiger partial charge in [-0.2, -0.15) is 0 Å². The van der Waals surface area contributed by atoms with Crippen molar-refractivity contribution in [1.29, 1.82) is 0 Å². The topological polar surface area (TPSA) is 39.7 Å². The van der Waals surface area contributed by atoms with Crippen molar-refractivity contribution in [3.63, 3.8) is 0 Å². The molecule has 4 nitrogen and oxygen atoms in total. The minimum atomic E-state index is -0.0530. The summed E-state index contributed by atoms with van der Waals surface area (Å²) in [6.07, 6.45) is 2.46. The highest BCUT2D eigenvalue weighted by molar-refractivity contribution is 5.14. The lowest BCUT2D eigenvalue weighted by Crippen LogP contribution is -2.53. The zero-order chi connectivity index (χ0) is 15.1. The van der Waals surface area contributed by atoms with E-state index in [1.54, 1.807) is 13.2 Å². The molecule has 1 aliphatic rings. The van der Waals surface area contributed by atoms with Crippen LogP contribution in [-0.4, -0.2) is 38.3 Å². The van der Waals surface area contributed by atoms with E-state index in [-0.39, 0.29) is 24.5 Å². The number of ether oxygens (including phenoxy) is 3. The monoisotopic (exact) mass is 291 g/mol. The summed E-state index contributed by atoms with van der Waals surface area (Å²) in [7, 11) is 1.72. The molecule has 21 heavy (non-hydrogen) atoms. The first kappa shape index (κ1) is 16.2. The van der Waals surface area contributed by atoms with E-state index < -0.39 is 0 Å². The highest BCUT2D eigenvalue weighted by Crippen LogP contribution is 2.24. The first-order valence-corrected chi connectivity index (χ1v) is 7.42. The summed E-state index contributed by atoms with van der Waals surface area (Å²) >= 11 is 0. The van der Waals surface area contributed by atoms with Crippen LogP contribution in [0.25, 0.3) is 0 Å². The second-order valence-corrected chi connectivity index (χ2v) is 5.29. The quantitative estimate of drug-likeness (QED) is 0.784. The van der Waals surface area contributed by atoms with Crippen LogP contribution >= 0.6 is 0 Å². The van der Waals surface area contributed by atoms with Gasteiger partial charge in [-0.05, 0) is 12.5 Å². The van der Waals surface area contributed by atoms with E-state index in [2.05, 4.69) is 24.0 Å². The van der Waals surface area contributed by atoms with Gasteiger partial charge in [-0.15, -0.1) is 6.58 Å². The molecule has 1 saturated heterocycles. The van der Waals surface area contributed by atoms with Gasteiger partial charge in [-0.25, -0.2) is 0 Å². The van der Waals surface area contributed by atoms with Crippen molar-refractivity contribution in [3.8, 4) is 0 Å². The lowest BCUT2D eigenvalue weighted by molar-refractivity contribution is -0.192. The molecule has 0 spiro atoms. The van der Waals surface area contributed by atoms with Gasteiger partial charge in [0.25, 0.3) is 0 Å². The molecule has 0 saturated carbocycles. The van der Waals surface area contributed by atoms with Gasteiger partial charge < -0.3 is 14.2 Å². The largest absolute Gasteiger partial charge is 0.378 e. The number of benzene rings is 1. The van der Waals surface area contributed by atoms with Crippen LogP contribution in [0.15, 0.2) is 43.0 Å². The van der Waals surface area contributed by atoms with E-state index in [9.17, 15) is 0 Å². The highest BCUT2D eigenvalue weighted by Gasteiger charge is 2.37. The van der Waals surface area contributed by atoms with E-state index in [0.717, 1.165) is 13.0 Å². The standard InChI is InChI=1S/C17H25NO3/c1-4-10-20-17-13(2)21-16(11-15(17)19-3)18-12-14-8-6-5-7-9-14/h4-9,13,15-18H,1,10-12H2,2-3H3/t13-,15-,16-,17-/m1/s1. The lowest BCUT2D eigenvalue weighted by atomic mass is 10.0. The fourth-order valence-electron chi connectivity index (χ4n) is 2.65. The molecule has 4 heteroatoms. The number of nitrogens with one attached hydrogen (secondary N) is 1. The van der Waals surface area contributed by atoms with Crippen LogP contribution in [0, 0.1) is 0 Å². The van der Waals surface area contributed by atoms with E-state index in [1.165, 1.54) is 5.56 Å². The molecule has 1 fully saturated rings. The zero-order valence-electron chi connectivity index (χ0n) is 12.8. The maximum absolute atomic E-state index is 6.00. The molecule has 0 aliphatic carbocycles. The molecule has 0 unspecified atom stereocenters. The van der Waals surface area contributed by atoms with E-state index in [0.29, 0.717) is 6.61 Å². The minimum Gasteiger partial charge on any atom is -0.378 e. The molecule has 2 rings (SSSR count). The Balaban J connectivity index is 1.87. The van der Waals surface area contributed by atoms with Gasteiger partial charge in [0.15, 0.2) is 0 Å². The number of methoxy groups -OCH3 is 1. The maximum atomic E-state index is 6.00. The van der Waals surface area contributed by atoms with Crippen LogP contribution in [0.2, 0.25) is 0 Å². The van der Waals surface area contributed by atoms with Crippen LogP contribution in [0.1, 0.15) is 18.9 Å². The normalized spacial score (nSPS) is 29.2. The van der Waals surface area contributed by atoms with Crippen molar-refractivity contribution in [3.05, 3.63) is 48.6 Å². The Morgan fingerprint density at radius 2 is 2.14 bits per heavy atom. The summed E-state index contributed by atoms with van der Waals surface area (Å²) in [4.78, 5) is 0. The van der Waals surface area contributed by atoms with Crippen LogP contribution in [0.3, 0.4) is 0 Å². The Kier molecular flexibility index (Phi) is 6.39. The second-order valence-electron chi connectivity index (χ2n) is 5.29. The first-order chi connectivity index (χ1) is 10.2. The fourth-order valence-corrected chi connectivity index (χ4v) is 2.65.